The summed E-state index contributed by atoms with van der Waals surface area (Å²) in [4.78, 5) is 0. The van der Waals surface area contributed by atoms with Crippen molar-refractivity contribution in [2.24, 2.45) is 0 Å². The Morgan fingerprint density at radius 1 is 0.850 bits per heavy atom. The van der Waals surface area contributed by atoms with Gasteiger partial charge in [-0.25, -0.2) is 0 Å². The summed E-state index contributed by atoms with van der Waals surface area (Å²) in [6.07, 6.45) is 1.89. The minimum atomic E-state index is -0.314. The summed E-state index contributed by atoms with van der Waals surface area (Å²) in [6, 6.07) is 7.63. The molecule has 0 radical (unpaired) electrons. The van der Waals surface area contributed by atoms with E-state index >= 15 is 0 Å². The number of ether oxygens (including phenoxy) is 4. The van der Waals surface area contributed by atoms with Crippen LogP contribution in [0.25, 0.3) is 0 Å². The van der Waals surface area contributed by atoms with Gasteiger partial charge in [0.25, 0.3) is 0 Å². The highest BCUT2D eigenvalue weighted by Crippen LogP contribution is 2.18. The molecule has 0 heterocycles. The van der Waals surface area contributed by atoms with Crippen molar-refractivity contribution in [3.63, 3.8) is 0 Å². The van der Waals surface area contributed by atoms with E-state index in [0.29, 0.717) is 19.8 Å². The van der Waals surface area contributed by atoms with Crippen LogP contribution in [-0.4, -0.2) is 32.7 Å². The zero-order valence-corrected chi connectivity index (χ0v) is 12.8. The topological polar surface area (TPSA) is 36.9 Å². The molecule has 0 saturated carbocycles. The minimum Gasteiger partial charge on any atom is -0.494 e. The van der Waals surface area contributed by atoms with E-state index in [0.717, 1.165) is 30.9 Å². The molecule has 114 valence electrons. The van der Waals surface area contributed by atoms with Crippen LogP contribution in [0.4, 0.5) is 0 Å². The molecule has 1 aromatic rings. The average molecular weight is 282 g/mol. The van der Waals surface area contributed by atoms with Crippen molar-refractivity contribution in [3.8, 4) is 11.5 Å². The molecule has 4 nitrogen and oxygen atoms in total. The van der Waals surface area contributed by atoms with E-state index in [9.17, 15) is 0 Å². The summed E-state index contributed by atoms with van der Waals surface area (Å²) in [5.74, 6) is 1.66. The monoisotopic (exact) mass is 282 g/mol. The van der Waals surface area contributed by atoms with E-state index in [1.165, 1.54) is 0 Å². The van der Waals surface area contributed by atoms with Crippen molar-refractivity contribution >= 4 is 0 Å². The number of unbranched alkanes of at least 4 members (excludes halogenated alkanes) is 1. The third kappa shape index (κ3) is 6.78. The third-order valence-electron chi connectivity index (χ3n) is 2.68. The highest BCUT2D eigenvalue weighted by Gasteiger charge is 2.08. The van der Waals surface area contributed by atoms with E-state index in [-0.39, 0.29) is 6.29 Å². The van der Waals surface area contributed by atoms with E-state index in [2.05, 4.69) is 6.92 Å². The first kappa shape index (κ1) is 16.8. The lowest BCUT2D eigenvalue weighted by atomic mass is 10.3. The molecule has 0 fully saturated rings. The van der Waals surface area contributed by atoms with Crippen molar-refractivity contribution in [3.05, 3.63) is 24.3 Å². The van der Waals surface area contributed by atoms with Crippen LogP contribution in [0.15, 0.2) is 24.3 Å². The van der Waals surface area contributed by atoms with Crippen molar-refractivity contribution in [2.75, 3.05) is 26.4 Å². The average Bonchev–Trinajstić information content (AvgIpc) is 2.47. The summed E-state index contributed by atoms with van der Waals surface area (Å²) >= 11 is 0. The minimum absolute atomic E-state index is 0.314. The first-order chi connectivity index (χ1) is 9.80. The molecule has 0 unspecified atom stereocenters. The van der Waals surface area contributed by atoms with Gasteiger partial charge in [-0.3, -0.25) is 0 Å². The van der Waals surface area contributed by atoms with E-state index < -0.39 is 0 Å². The summed E-state index contributed by atoms with van der Waals surface area (Å²) in [7, 11) is 0. The largest absolute Gasteiger partial charge is 0.494 e. The Morgan fingerprint density at radius 3 is 1.90 bits per heavy atom. The molecule has 0 spiro atoms. The molecule has 1 rings (SSSR count). The zero-order valence-electron chi connectivity index (χ0n) is 12.8. The zero-order chi connectivity index (χ0) is 14.6. The van der Waals surface area contributed by atoms with Gasteiger partial charge < -0.3 is 18.9 Å². The first-order valence-electron chi connectivity index (χ1n) is 7.39. The molecule has 0 atom stereocenters. The number of hydrogen-bond acceptors (Lipinski definition) is 4. The fourth-order valence-corrected chi connectivity index (χ4v) is 1.65. The highest BCUT2D eigenvalue weighted by molar-refractivity contribution is 5.31. The molecular formula is C16H26O4. The fourth-order valence-electron chi connectivity index (χ4n) is 1.65. The normalized spacial score (nSPS) is 10.8. The Balaban J connectivity index is 2.36. The van der Waals surface area contributed by atoms with Gasteiger partial charge in [0.05, 0.1) is 6.61 Å². The second-order valence-electron chi connectivity index (χ2n) is 4.32. The lowest BCUT2D eigenvalue weighted by Crippen LogP contribution is -2.25. The van der Waals surface area contributed by atoms with Gasteiger partial charge in [0, 0.05) is 13.2 Å². The maximum absolute atomic E-state index is 5.65. The van der Waals surface area contributed by atoms with Gasteiger partial charge >= 0.3 is 0 Å². The Kier molecular flexibility index (Phi) is 8.83. The molecule has 20 heavy (non-hydrogen) atoms. The summed E-state index contributed by atoms with van der Waals surface area (Å²) in [6.45, 7) is 8.39. The van der Waals surface area contributed by atoms with Crippen LogP contribution in [0.2, 0.25) is 0 Å². The molecule has 0 bridgehead atoms. The summed E-state index contributed by atoms with van der Waals surface area (Å²) in [5.41, 5.74) is 0. The van der Waals surface area contributed by atoms with Crippen LogP contribution in [0, 0.1) is 0 Å². The second kappa shape index (κ2) is 10.5. The predicted molar refractivity (Wildman–Crippen MR) is 79.4 cm³/mol. The van der Waals surface area contributed by atoms with Gasteiger partial charge in [-0.2, -0.15) is 0 Å². The molecule has 0 amide bonds. The molecule has 4 heteroatoms. The van der Waals surface area contributed by atoms with E-state index in [4.69, 9.17) is 18.9 Å². The van der Waals surface area contributed by atoms with Crippen molar-refractivity contribution in [1.82, 2.24) is 0 Å². The molecule has 1 aromatic carbocycles. The molecule has 0 aliphatic carbocycles. The highest BCUT2D eigenvalue weighted by atomic mass is 16.7. The Hall–Kier alpha value is -1.26. The van der Waals surface area contributed by atoms with Crippen molar-refractivity contribution < 1.29 is 18.9 Å². The number of rotatable bonds is 11. The van der Waals surface area contributed by atoms with Crippen LogP contribution in [0.5, 0.6) is 11.5 Å². The smallest absolute Gasteiger partial charge is 0.191 e. The lowest BCUT2D eigenvalue weighted by Gasteiger charge is -2.17. The maximum atomic E-state index is 5.65. The van der Waals surface area contributed by atoms with Gasteiger partial charge in [0.2, 0.25) is 0 Å². The lowest BCUT2D eigenvalue weighted by molar-refractivity contribution is -0.152. The SMILES string of the molecule is CCCCOc1ccc(OCC(OCC)OCC)cc1. The summed E-state index contributed by atoms with van der Waals surface area (Å²) < 4.78 is 22.1. The number of hydrogen-bond donors (Lipinski definition) is 0. The van der Waals surface area contributed by atoms with Gasteiger partial charge in [0.15, 0.2) is 6.29 Å². The number of benzene rings is 1. The van der Waals surface area contributed by atoms with Crippen LogP contribution in [-0.2, 0) is 9.47 Å². The quantitative estimate of drug-likeness (QED) is 0.458. The third-order valence-corrected chi connectivity index (χ3v) is 2.68. The van der Waals surface area contributed by atoms with Gasteiger partial charge in [0.1, 0.15) is 18.1 Å². The van der Waals surface area contributed by atoms with Gasteiger partial charge in [-0.1, -0.05) is 13.3 Å². The predicted octanol–water partition coefficient (Wildman–Crippen LogP) is 3.64. The molecule has 0 N–H and O–H groups in total. The summed E-state index contributed by atoms with van der Waals surface area (Å²) in [5, 5.41) is 0. The molecule has 0 aromatic heterocycles. The van der Waals surface area contributed by atoms with Gasteiger partial charge in [-0.15, -0.1) is 0 Å². The van der Waals surface area contributed by atoms with E-state index in [1.54, 1.807) is 0 Å². The molecule has 0 aliphatic heterocycles. The second-order valence-corrected chi connectivity index (χ2v) is 4.32. The van der Waals surface area contributed by atoms with E-state index in [1.807, 2.05) is 38.1 Å². The van der Waals surface area contributed by atoms with Crippen molar-refractivity contribution in [2.45, 2.75) is 39.9 Å². The van der Waals surface area contributed by atoms with Gasteiger partial charge in [-0.05, 0) is 44.5 Å². The maximum Gasteiger partial charge on any atom is 0.191 e. The standard InChI is InChI=1S/C16H26O4/c1-4-7-12-19-14-8-10-15(11-9-14)20-13-16(17-5-2)18-6-3/h8-11,16H,4-7,12-13H2,1-3H3. The van der Waals surface area contributed by atoms with Crippen LogP contribution in [0.3, 0.4) is 0 Å². The molecule has 0 aliphatic rings. The Morgan fingerprint density at radius 2 is 1.40 bits per heavy atom. The van der Waals surface area contributed by atoms with Crippen LogP contribution in [0.1, 0.15) is 33.6 Å². The Labute approximate surface area is 122 Å². The molecule has 0 saturated heterocycles. The Bertz CT molecular complexity index is 331. The fraction of sp³-hybridized carbons (Fsp3) is 0.625. The van der Waals surface area contributed by atoms with Crippen molar-refractivity contribution in [1.29, 1.82) is 0 Å². The van der Waals surface area contributed by atoms with Crippen LogP contribution >= 0.6 is 0 Å². The molecular weight excluding hydrogens is 256 g/mol. The first-order valence-corrected chi connectivity index (χ1v) is 7.39. The van der Waals surface area contributed by atoms with Crippen LogP contribution < -0.4 is 9.47 Å².